The average molecular weight is 565 g/mol. The van der Waals surface area contributed by atoms with E-state index < -0.39 is 53.9 Å². The van der Waals surface area contributed by atoms with E-state index in [4.69, 9.17) is 4.74 Å². The first-order valence-corrected chi connectivity index (χ1v) is 13.3. The number of ether oxygens (including phenoxy) is 1. The fourth-order valence-electron chi connectivity index (χ4n) is 4.04. The van der Waals surface area contributed by atoms with Crippen LogP contribution in [0, 0.1) is 17.0 Å². The van der Waals surface area contributed by atoms with Gasteiger partial charge in [0.1, 0.15) is 36.0 Å². The van der Waals surface area contributed by atoms with Crippen LogP contribution in [-0.2, 0) is 20.9 Å². The Labute approximate surface area is 230 Å². The predicted molar refractivity (Wildman–Crippen MR) is 144 cm³/mol. The zero-order valence-electron chi connectivity index (χ0n) is 22.2. The summed E-state index contributed by atoms with van der Waals surface area (Å²) in [6, 6.07) is 8.90. The van der Waals surface area contributed by atoms with Crippen molar-refractivity contribution in [1.82, 2.24) is 5.32 Å². The van der Waals surface area contributed by atoms with Gasteiger partial charge in [-0.25, -0.2) is 8.78 Å². The van der Waals surface area contributed by atoms with Crippen molar-refractivity contribution in [2.24, 2.45) is 5.41 Å². The maximum atomic E-state index is 13.9. The van der Waals surface area contributed by atoms with E-state index in [0.717, 1.165) is 30.2 Å². The van der Waals surface area contributed by atoms with E-state index in [9.17, 15) is 33.7 Å². The standard InChI is InChI=1S/C28H34F2N2O6S/c1-28(2,3)10-9-21(33)23(34)24(35)25(38-4)26(36)31-19-15-39-22-8-6-5-7-20(22)32(27(19)37)14-16-11-17(29)13-18(30)12-16/h5-13,19,21,23-25,33-35H,14-15H2,1-4H3,(H,31,36)/t19-,21+,23-,24+,25+/m0/s1. The number of rotatable bonds is 9. The number of carbonyl (C=O) groups is 2. The molecule has 0 spiro atoms. The molecule has 0 bridgehead atoms. The number of aliphatic hydroxyl groups excluding tert-OH is 3. The van der Waals surface area contributed by atoms with Crippen LogP contribution < -0.4 is 10.2 Å². The quantitative estimate of drug-likeness (QED) is 0.346. The molecule has 0 fully saturated rings. The summed E-state index contributed by atoms with van der Waals surface area (Å²) >= 11 is 1.30. The summed E-state index contributed by atoms with van der Waals surface area (Å²) in [7, 11) is 1.15. The van der Waals surface area contributed by atoms with Gasteiger partial charge in [-0.2, -0.15) is 0 Å². The minimum absolute atomic E-state index is 0.127. The molecular formula is C28H34F2N2O6S. The van der Waals surface area contributed by atoms with Crippen LogP contribution in [0.15, 0.2) is 59.5 Å². The van der Waals surface area contributed by atoms with Crippen LogP contribution in [-0.4, -0.2) is 70.5 Å². The normalized spacial score (nSPS) is 19.3. The number of allylic oxidation sites excluding steroid dienone is 1. The number of halogens is 2. The minimum atomic E-state index is -1.81. The summed E-state index contributed by atoms with van der Waals surface area (Å²) in [5, 5.41) is 34.0. The molecular weight excluding hydrogens is 530 g/mol. The third-order valence-electron chi connectivity index (χ3n) is 6.02. The van der Waals surface area contributed by atoms with Crippen LogP contribution in [0.1, 0.15) is 26.3 Å². The topological polar surface area (TPSA) is 119 Å². The van der Waals surface area contributed by atoms with E-state index in [1.54, 1.807) is 30.3 Å². The lowest BCUT2D eigenvalue weighted by atomic mass is 9.94. The second-order valence-electron chi connectivity index (χ2n) is 10.4. The number of aliphatic hydroxyl groups is 3. The lowest BCUT2D eigenvalue weighted by Crippen LogP contribution is -2.56. The summed E-state index contributed by atoms with van der Waals surface area (Å²) in [5.41, 5.74) is 0.446. The van der Waals surface area contributed by atoms with Gasteiger partial charge >= 0.3 is 0 Å². The van der Waals surface area contributed by atoms with Gasteiger partial charge in [-0.3, -0.25) is 9.59 Å². The highest BCUT2D eigenvalue weighted by atomic mass is 32.2. The molecule has 0 aliphatic carbocycles. The van der Waals surface area contributed by atoms with Gasteiger partial charge in [0.05, 0.1) is 12.2 Å². The molecule has 3 rings (SSSR count). The number of para-hydroxylation sites is 1. The molecule has 2 amide bonds. The van der Waals surface area contributed by atoms with Gasteiger partial charge in [-0.1, -0.05) is 45.1 Å². The minimum Gasteiger partial charge on any atom is -0.387 e. The number of carbonyl (C=O) groups excluding carboxylic acids is 2. The SMILES string of the molecule is CO[C@@H](C(=O)N[C@H]1CSc2ccccc2N(Cc2cc(F)cc(F)c2)C1=O)[C@H](O)[C@@H](O)[C@H](O)C=CC(C)(C)C. The number of hydrogen-bond donors (Lipinski definition) is 4. The molecule has 0 unspecified atom stereocenters. The van der Waals surface area contributed by atoms with Crippen molar-refractivity contribution in [2.45, 2.75) is 62.7 Å². The molecule has 0 aromatic heterocycles. The third-order valence-corrected chi connectivity index (χ3v) is 7.18. The van der Waals surface area contributed by atoms with Gasteiger partial charge in [0.25, 0.3) is 11.8 Å². The highest BCUT2D eigenvalue weighted by molar-refractivity contribution is 7.99. The van der Waals surface area contributed by atoms with Gasteiger partial charge in [0, 0.05) is 23.8 Å². The lowest BCUT2D eigenvalue weighted by molar-refractivity contribution is -0.150. The Balaban J connectivity index is 1.81. The molecule has 2 aromatic carbocycles. The first-order chi connectivity index (χ1) is 18.3. The van der Waals surface area contributed by atoms with Crippen LogP contribution in [0.2, 0.25) is 0 Å². The Morgan fingerprint density at radius 1 is 1.15 bits per heavy atom. The van der Waals surface area contributed by atoms with E-state index >= 15 is 0 Å². The highest BCUT2D eigenvalue weighted by Gasteiger charge is 2.38. The number of nitrogens with zero attached hydrogens (tertiary/aromatic N) is 1. The molecule has 39 heavy (non-hydrogen) atoms. The summed E-state index contributed by atoms with van der Waals surface area (Å²) in [4.78, 5) is 28.8. The van der Waals surface area contributed by atoms with Crippen molar-refractivity contribution >= 4 is 29.3 Å². The first kappa shape index (κ1) is 30.7. The van der Waals surface area contributed by atoms with Crippen molar-refractivity contribution in [1.29, 1.82) is 0 Å². The van der Waals surface area contributed by atoms with Crippen LogP contribution in [0.25, 0.3) is 0 Å². The van der Waals surface area contributed by atoms with Crippen molar-refractivity contribution in [3.63, 3.8) is 0 Å². The summed E-state index contributed by atoms with van der Waals surface area (Å²) in [5.74, 6) is -2.85. The number of thioether (sulfide) groups is 1. The Bertz CT molecular complexity index is 1180. The van der Waals surface area contributed by atoms with Crippen molar-refractivity contribution in [3.05, 3.63) is 71.8 Å². The molecule has 1 heterocycles. The summed E-state index contributed by atoms with van der Waals surface area (Å²) in [6.07, 6.45) is -3.65. The summed E-state index contributed by atoms with van der Waals surface area (Å²) in [6.45, 7) is 5.51. The molecule has 1 aliphatic heterocycles. The van der Waals surface area contributed by atoms with E-state index in [-0.39, 0.29) is 23.3 Å². The van der Waals surface area contributed by atoms with Crippen LogP contribution in [0.3, 0.4) is 0 Å². The van der Waals surface area contributed by atoms with Gasteiger partial charge < -0.3 is 30.3 Å². The fourth-order valence-corrected chi connectivity index (χ4v) is 5.12. The summed E-state index contributed by atoms with van der Waals surface area (Å²) < 4.78 is 32.8. The number of fused-ring (bicyclic) bond motifs is 1. The molecule has 8 nitrogen and oxygen atoms in total. The predicted octanol–water partition coefficient (Wildman–Crippen LogP) is 2.79. The van der Waals surface area contributed by atoms with E-state index in [0.29, 0.717) is 5.69 Å². The smallest absolute Gasteiger partial charge is 0.252 e. The second kappa shape index (κ2) is 13.0. The Morgan fingerprint density at radius 3 is 2.41 bits per heavy atom. The van der Waals surface area contributed by atoms with Gasteiger partial charge in [-0.05, 0) is 35.2 Å². The Hall–Kier alpha value is -2.83. The number of anilines is 1. The maximum Gasteiger partial charge on any atom is 0.252 e. The lowest BCUT2D eigenvalue weighted by Gasteiger charge is -2.29. The zero-order valence-corrected chi connectivity index (χ0v) is 23.0. The molecule has 212 valence electrons. The van der Waals surface area contributed by atoms with Crippen molar-refractivity contribution in [2.75, 3.05) is 17.8 Å². The van der Waals surface area contributed by atoms with E-state index in [1.165, 1.54) is 22.7 Å². The molecule has 11 heteroatoms. The first-order valence-electron chi connectivity index (χ1n) is 12.4. The van der Waals surface area contributed by atoms with Crippen LogP contribution in [0.5, 0.6) is 0 Å². The molecule has 1 aliphatic rings. The number of hydrogen-bond acceptors (Lipinski definition) is 7. The molecule has 5 atom stereocenters. The molecule has 0 saturated carbocycles. The number of nitrogens with one attached hydrogen (secondary N) is 1. The van der Waals surface area contributed by atoms with E-state index in [1.807, 2.05) is 20.8 Å². The van der Waals surface area contributed by atoms with E-state index in [2.05, 4.69) is 5.32 Å². The molecule has 0 saturated heterocycles. The van der Waals surface area contributed by atoms with Gasteiger partial charge in [-0.15, -0.1) is 11.8 Å². The third kappa shape index (κ3) is 8.09. The molecule has 0 radical (unpaired) electrons. The van der Waals surface area contributed by atoms with Gasteiger partial charge in [0.2, 0.25) is 0 Å². The molecule has 2 aromatic rings. The Morgan fingerprint density at radius 2 is 1.79 bits per heavy atom. The average Bonchev–Trinajstić information content (AvgIpc) is 2.98. The second-order valence-corrected chi connectivity index (χ2v) is 11.5. The highest BCUT2D eigenvalue weighted by Crippen LogP contribution is 2.35. The van der Waals surface area contributed by atoms with Crippen molar-refractivity contribution < 1.29 is 38.4 Å². The van der Waals surface area contributed by atoms with Crippen LogP contribution >= 0.6 is 11.8 Å². The van der Waals surface area contributed by atoms with Gasteiger partial charge in [0.15, 0.2) is 6.10 Å². The monoisotopic (exact) mass is 564 g/mol. The van der Waals surface area contributed by atoms with Crippen LogP contribution in [0.4, 0.5) is 14.5 Å². The zero-order chi connectivity index (χ0) is 28.9. The number of benzene rings is 2. The largest absolute Gasteiger partial charge is 0.387 e. The number of amides is 2. The number of methoxy groups -OCH3 is 1. The maximum absolute atomic E-state index is 13.9. The Kier molecular flexibility index (Phi) is 10.2. The fraction of sp³-hybridized carbons (Fsp3) is 0.429. The van der Waals surface area contributed by atoms with Crippen molar-refractivity contribution in [3.8, 4) is 0 Å². The molecule has 4 N–H and O–H groups in total.